The molecule has 0 atom stereocenters. The van der Waals surface area contributed by atoms with Gasteiger partial charge in [-0.15, -0.1) is 0 Å². The Labute approximate surface area is 181 Å². The van der Waals surface area contributed by atoms with E-state index in [-0.39, 0.29) is 17.9 Å². The lowest BCUT2D eigenvalue weighted by molar-refractivity contribution is 0.0696. The third-order valence-corrected chi connectivity index (χ3v) is 4.76. The van der Waals surface area contributed by atoms with Crippen LogP contribution < -0.4 is 16.0 Å². The first-order valence-corrected chi connectivity index (χ1v) is 9.64. The Kier molecular flexibility index (Phi) is 5.63. The first-order chi connectivity index (χ1) is 15.4. The van der Waals surface area contributed by atoms with Gasteiger partial charge in [-0.25, -0.2) is 9.59 Å². The number of aryl methyl sites for hydroxylation is 1. The number of rotatable bonds is 6. The number of aromatic carboxylic acids is 1. The minimum atomic E-state index is -1.12. The molecule has 2 aromatic heterocycles. The molecule has 9 heteroatoms. The van der Waals surface area contributed by atoms with E-state index in [1.165, 1.54) is 30.5 Å². The summed E-state index contributed by atoms with van der Waals surface area (Å²) < 4.78 is 6.94. The summed E-state index contributed by atoms with van der Waals surface area (Å²) in [6, 6.07) is 16.3. The zero-order chi connectivity index (χ0) is 22.7. The zero-order valence-corrected chi connectivity index (χ0v) is 17.0. The highest BCUT2D eigenvalue weighted by Crippen LogP contribution is 2.29. The van der Waals surface area contributed by atoms with Gasteiger partial charge in [-0.3, -0.25) is 9.36 Å². The predicted octanol–water partition coefficient (Wildman–Crippen LogP) is 2.84. The van der Waals surface area contributed by atoms with Crippen LogP contribution in [0.4, 0.5) is 0 Å². The van der Waals surface area contributed by atoms with Crippen LogP contribution in [0.2, 0.25) is 0 Å². The molecule has 0 saturated carbocycles. The molecule has 0 aliphatic heterocycles. The normalized spacial score (nSPS) is 10.7. The molecule has 32 heavy (non-hydrogen) atoms. The van der Waals surface area contributed by atoms with Gasteiger partial charge in [0.2, 0.25) is 0 Å². The number of carbonyl (C=O) groups is 1. The summed E-state index contributed by atoms with van der Waals surface area (Å²) in [5.74, 6) is -0.445. The number of nitrogens with zero attached hydrogens (tertiary/aromatic N) is 3. The van der Waals surface area contributed by atoms with Crippen molar-refractivity contribution in [1.29, 1.82) is 0 Å². The molecule has 2 aromatic carbocycles. The predicted molar refractivity (Wildman–Crippen MR) is 116 cm³/mol. The molecule has 160 valence electrons. The Balaban J connectivity index is 1.66. The Bertz CT molecular complexity index is 1360. The monoisotopic (exact) mass is 430 g/mol. The first-order valence-electron chi connectivity index (χ1n) is 9.64. The third-order valence-electron chi connectivity index (χ3n) is 4.76. The molecule has 0 fully saturated rings. The van der Waals surface area contributed by atoms with Gasteiger partial charge in [0.1, 0.15) is 11.5 Å². The molecule has 0 saturated heterocycles. The van der Waals surface area contributed by atoms with E-state index in [1.807, 2.05) is 31.2 Å². The molecule has 4 rings (SSSR count). The second-order valence-corrected chi connectivity index (χ2v) is 7.02. The van der Waals surface area contributed by atoms with E-state index in [1.54, 1.807) is 12.1 Å². The molecule has 4 aromatic rings. The minimum Gasteiger partial charge on any atom is -0.478 e. The van der Waals surface area contributed by atoms with E-state index in [2.05, 4.69) is 15.2 Å². The fourth-order valence-corrected chi connectivity index (χ4v) is 3.06. The number of benzene rings is 2. The lowest BCUT2D eigenvalue weighted by Gasteiger charge is -2.13. The highest BCUT2D eigenvalue weighted by atomic mass is 16.5. The topological polar surface area (TPSA) is 127 Å². The van der Waals surface area contributed by atoms with Crippen molar-refractivity contribution in [3.63, 3.8) is 0 Å². The van der Waals surface area contributed by atoms with Crippen molar-refractivity contribution >= 4 is 5.97 Å². The van der Waals surface area contributed by atoms with Crippen molar-refractivity contribution in [2.24, 2.45) is 0 Å². The van der Waals surface area contributed by atoms with E-state index in [9.17, 15) is 19.5 Å². The number of carboxylic acid groups (broad SMARTS) is 1. The number of H-pyrrole nitrogens is 1. The molecule has 9 nitrogen and oxygen atoms in total. The van der Waals surface area contributed by atoms with Gasteiger partial charge in [0.05, 0.1) is 23.5 Å². The Morgan fingerprint density at radius 3 is 2.47 bits per heavy atom. The largest absolute Gasteiger partial charge is 0.478 e. The lowest BCUT2D eigenvalue weighted by Crippen LogP contribution is -2.34. The van der Waals surface area contributed by atoms with Crippen LogP contribution in [0.5, 0.6) is 11.5 Å². The average molecular weight is 430 g/mol. The average Bonchev–Trinajstić information content (AvgIpc) is 2.78. The van der Waals surface area contributed by atoms with Crippen LogP contribution in [0, 0.1) is 6.92 Å². The van der Waals surface area contributed by atoms with Crippen molar-refractivity contribution < 1.29 is 14.6 Å². The SMILES string of the molecule is Cc1ccc(-c2ccc(Oc3cc(C(=O)O)ccc3Cn3c(=O)cc[nH]c3=O)cc2)nn1. The summed E-state index contributed by atoms with van der Waals surface area (Å²) in [5.41, 5.74) is 1.80. The molecule has 0 aliphatic rings. The van der Waals surface area contributed by atoms with Crippen molar-refractivity contribution in [1.82, 2.24) is 19.7 Å². The fraction of sp³-hybridized carbons (Fsp3) is 0.0870. The molecule has 2 N–H and O–H groups in total. The number of aromatic nitrogens is 4. The number of hydrogen-bond acceptors (Lipinski definition) is 6. The smallest absolute Gasteiger partial charge is 0.335 e. The van der Waals surface area contributed by atoms with Crippen LogP contribution in [0.3, 0.4) is 0 Å². The summed E-state index contributed by atoms with van der Waals surface area (Å²) in [4.78, 5) is 38.0. The summed E-state index contributed by atoms with van der Waals surface area (Å²) in [7, 11) is 0. The van der Waals surface area contributed by atoms with E-state index < -0.39 is 17.2 Å². The van der Waals surface area contributed by atoms with Crippen LogP contribution in [0.25, 0.3) is 11.3 Å². The fourth-order valence-electron chi connectivity index (χ4n) is 3.06. The molecule has 0 amide bonds. The van der Waals surface area contributed by atoms with E-state index in [4.69, 9.17) is 4.74 Å². The quantitative estimate of drug-likeness (QED) is 0.481. The second-order valence-electron chi connectivity index (χ2n) is 7.02. The minimum absolute atomic E-state index is 0.0182. The summed E-state index contributed by atoms with van der Waals surface area (Å²) in [6.07, 6.45) is 1.27. The number of nitrogens with one attached hydrogen (secondary N) is 1. The van der Waals surface area contributed by atoms with Crippen LogP contribution in [-0.2, 0) is 6.54 Å². The molecular formula is C23H18N4O5. The molecule has 0 spiro atoms. The van der Waals surface area contributed by atoms with Crippen LogP contribution >= 0.6 is 0 Å². The highest BCUT2D eigenvalue weighted by Gasteiger charge is 2.13. The van der Waals surface area contributed by atoms with Gasteiger partial charge >= 0.3 is 11.7 Å². The number of aromatic amines is 1. The summed E-state index contributed by atoms with van der Waals surface area (Å²) in [5, 5.41) is 17.5. The highest BCUT2D eigenvalue weighted by molar-refractivity contribution is 5.88. The van der Waals surface area contributed by atoms with Crippen molar-refractivity contribution in [2.45, 2.75) is 13.5 Å². The van der Waals surface area contributed by atoms with E-state index in [0.29, 0.717) is 17.0 Å². The lowest BCUT2D eigenvalue weighted by atomic mass is 10.1. The van der Waals surface area contributed by atoms with Gasteiger partial charge < -0.3 is 14.8 Å². The number of hydrogen-bond donors (Lipinski definition) is 2. The Hall–Kier alpha value is -4.53. The van der Waals surface area contributed by atoms with Gasteiger partial charge in [-0.05, 0) is 55.5 Å². The zero-order valence-electron chi connectivity index (χ0n) is 17.0. The Morgan fingerprint density at radius 1 is 1.03 bits per heavy atom. The van der Waals surface area contributed by atoms with Crippen LogP contribution in [0.1, 0.15) is 21.6 Å². The maximum atomic E-state index is 12.1. The molecule has 0 bridgehead atoms. The van der Waals surface area contributed by atoms with E-state index in [0.717, 1.165) is 15.8 Å². The Morgan fingerprint density at radius 2 is 1.81 bits per heavy atom. The molecule has 0 unspecified atom stereocenters. The number of carboxylic acids is 1. The van der Waals surface area contributed by atoms with Gasteiger partial charge in [0, 0.05) is 23.4 Å². The van der Waals surface area contributed by atoms with Crippen LogP contribution in [0.15, 0.2) is 76.4 Å². The molecule has 0 radical (unpaired) electrons. The summed E-state index contributed by atoms with van der Waals surface area (Å²) >= 11 is 0. The third kappa shape index (κ3) is 4.46. The maximum absolute atomic E-state index is 12.1. The van der Waals surface area contributed by atoms with Crippen molar-refractivity contribution in [3.8, 4) is 22.8 Å². The van der Waals surface area contributed by atoms with Crippen LogP contribution in [-0.4, -0.2) is 30.8 Å². The second kappa shape index (κ2) is 8.68. The maximum Gasteiger partial charge on any atom is 0.335 e. The van der Waals surface area contributed by atoms with Gasteiger partial charge in [0.25, 0.3) is 5.56 Å². The van der Waals surface area contributed by atoms with Crippen molar-refractivity contribution in [2.75, 3.05) is 0 Å². The molecular weight excluding hydrogens is 412 g/mol. The molecule has 2 heterocycles. The van der Waals surface area contributed by atoms with Gasteiger partial charge in [-0.1, -0.05) is 6.07 Å². The van der Waals surface area contributed by atoms with Gasteiger partial charge in [-0.2, -0.15) is 10.2 Å². The first kappa shape index (κ1) is 20.7. The number of ether oxygens (including phenoxy) is 1. The molecule has 0 aliphatic carbocycles. The van der Waals surface area contributed by atoms with Crippen molar-refractivity contribution in [3.05, 3.63) is 105 Å². The van der Waals surface area contributed by atoms with Gasteiger partial charge in [0.15, 0.2) is 0 Å². The standard InChI is InChI=1S/C23H18N4O5/c1-14-2-9-19(26-25-14)15-5-7-18(8-6-15)32-20-12-16(22(29)30)3-4-17(20)13-27-21(28)10-11-24-23(27)31/h2-12H,13H2,1H3,(H,24,31)(H,29,30). The summed E-state index contributed by atoms with van der Waals surface area (Å²) in [6.45, 7) is 1.77. The van der Waals surface area contributed by atoms with E-state index >= 15 is 0 Å².